The van der Waals surface area contributed by atoms with Crippen LogP contribution in [0.25, 0.3) is 11.1 Å². The summed E-state index contributed by atoms with van der Waals surface area (Å²) in [4.78, 5) is 13.0. The summed E-state index contributed by atoms with van der Waals surface area (Å²) in [5, 5.41) is 17.3. The van der Waals surface area contributed by atoms with Gasteiger partial charge in [-0.15, -0.1) is 10.2 Å². The minimum absolute atomic E-state index is 0.0183. The summed E-state index contributed by atoms with van der Waals surface area (Å²) in [7, 11) is 0. The lowest BCUT2D eigenvalue weighted by molar-refractivity contribution is 0.138. The second-order valence-corrected chi connectivity index (χ2v) is 9.41. The third-order valence-electron chi connectivity index (χ3n) is 6.92. The van der Waals surface area contributed by atoms with Gasteiger partial charge in [0.15, 0.2) is 5.82 Å². The molecule has 0 radical (unpaired) electrons. The van der Waals surface area contributed by atoms with Crippen molar-refractivity contribution >= 4 is 6.09 Å². The normalized spacial score (nSPS) is 12.8. The highest BCUT2D eigenvalue weighted by Crippen LogP contribution is 2.44. The zero-order chi connectivity index (χ0) is 26.4. The van der Waals surface area contributed by atoms with Crippen molar-refractivity contribution in [2.24, 2.45) is 0 Å². The first-order valence-electron chi connectivity index (χ1n) is 12.8. The van der Waals surface area contributed by atoms with Crippen LogP contribution in [0.3, 0.4) is 0 Å². The van der Waals surface area contributed by atoms with E-state index in [1.54, 1.807) is 0 Å². The number of nitrogens with one attached hydrogen (secondary N) is 2. The Labute approximate surface area is 226 Å². The number of amides is 1. The molecule has 0 saturated heterocycles. The number of nitrogens with zero attached hydrogens (tertiary/aromatic N) is 3. The number of hydrogen-bond donors (Lipinski definition) is 2. The van der Waals surface area contributed by atoms with Gasteiger partial charge in [0, 0.05) is 12.3 Å². The molecule has 5 aromatic rings. The third-order valence-corrected chi connectivity index (χ3v) is 6.92. The van der Waals surface area contributed by atoms with Crippen molar-refractivity contribution in [1.29, 1.82) is 0 Å². The Morgan fingerprint density at radius 1 is 0.821 bits per heavy atom. The van der Waals surface area contributed by atoms with E-state index in [0.717, 1.165) is 28.0 Å². The van der Waals surface area contributed by atoms with Crippen LogP contribution in [0.1, 0.15) is 40.0 Å². The fourth-order valence-corrected chi connectivity index (χ4v) is 5.00. The first-order chi connectivity index (χ1) is 19.2. The Hall–Kier alpha value is -4.98. The number of alkyl carbamates (subject to hydrolysis) is 1. The molecule has 0 spiro atoms. The summed E-state index contributed by atoms with van der Waals surface area (Å²) in [5.74, 6) is 1.13. The van der Waals surface area contributed by atoms with E-state index >= 15 is 0 Å². The zero-order valence-corrected chi connectivity index (χ0v) is 21.2. The fourth-order valence-electron chi connectivity index (χ4n) is 5.00. The fraction of sp³-hybridized carbons (Fsp3) is 0.161. The Morgan fingerprint density at radius 2 is 1.49 bits per heavy atom. The Balaban J connectivity index is 1.10. The molecule has 0 unspecified atom stereocenters. The molecule has 1 atom stereocenters. The molecule has 1 aromatic heterocycles. The summed E-state index contributed by atoms with van der Waals surface area (Å²) in [6, 6.07) is 33.8. The van der Waals surface area contributed by atoms with E-state index in [4.69, 9.17) is 9.47 Å². The predicted molar refractivity (Wildman–Crippen MR) is 146 cm³/mol. The number of aromatic nitrogens is 4. The van der Waals surface area contributed by atoms with Gasteiger partial charge in [-0.25, -0.2) is 4.79 Å². The molecule has 8 nitrogen and oxygen atoms in total. The highest BCUT2D eigenvalue weighted by atomic mass is 16.5. The molecule has 1 aliphatic carbocycles. The maximum absolute atomic E-state index is 13.0. The number of ether oxygens (including phenoxy) is 2. The van der Waals surface area contributed by atoms with E-state index in [-0.39, 0.29) is 12.5 Å². The number of rotatable bonds is 9. The quantitative estimate of drug-likeness (QED) is 0.264. The van der Waals surface area contributed by atoms with Gasteiger partial charge in [-0.05, 0) is 45.5 Å². The maximum Gasteiger partial charge on any atom is 0.407 e. The largest absolute Gasteiger partial charge is 0.489 e. The van der Waals surface area contributed by atoms with E-state index in [9.17, 15) is 4.79 Å². The molecule has 0 bridgehead atoms. The van der Waals surface area contributed by atoms with Crippen LogP contribution in [0.5, 0.6) is 5.75 Å². The van der Waals surface area contributed by atoms with Gasteiger partial charge < -0.3 is 14.8 Å². The SMILES string of the molecule is O=C(N[C@@H](Cc1ccc(OCc2ccccc2)cc1)c1nn[nH]n1)OCC1c2ccccc2-c2ccccc21. The maximum atomic E-state index is 13.0. The molecule has 1 amide bonds. The van der Waals surface area contributed by atoms with Crippen LogP contribution in [-0.2, 0) is 17.8 Å². The molecule has 2 N–H and O–H groups in total. The highest BCUT2D eigenvalue weighted by Gasteiger charge is 2.29. The van der Waals surface area contributed by atoms with Gasteiger partial charge >= 0.3 is 6.09 Å². The van der Waals surface area contributed by atoms with Gasteiger partial charge in [-0.3, -0.25) is 0 Å². The highest BCUT2D eigenvalue weighted by molar-refractivity contribution is 5.79. The number of carbonyl (C=O) groups is 1. The predicted octanol–water partition coefficient (Wildman–Crippen LogP) is 5.60. The smallest absolute Gasteiger partial charge is 0.407 e. The number of aromatic amines is 1. The monoisotopic (exact) mass is 517 g/mol. The van der Waals surface area contributed by atoms with Gasteiger partial charge in [0.2, 0.25) is 0 Å². The first-order valence-corrected chi connectivity index (χ1v) is 12.8. The van der Waals surface area contributed by atoms with Crippen LogP contribution >= 0.6 is 0 Å². The second kappa shape index (κ2) is 11.2. The Kier molecular flexibility index (Phi) is 6.99. The van der Waals surface area contributed by atoms with Crippen molar-refractivity contribution in [2.75, 3.05) is 6.61 Å². The summed E-state index contributed by atoms with van der Waals surface area (Å²) in [6.07, 6.45) is -0.0719. The zero-order valence-electron chi connectivity index (χ0n) is 21.2. The molecule has 0 saturated carbocycles. The van der Waals surface area contributed by atoms with Gasteiger partial charge in [0.05, 0.1) is 0 Å². The van der Waals surface area contributed by atoms with E-state index < -0.39 is 12.1 Å². The molecular formula is C31H27N5O3. The topological polar surface area (TPSA) is 102 Å². The van der Waals surface area contributed by atoms with Crippen LogP contribution in [0.15, 0.2) is 103 Å². The van der Waals surface area contributed by atoms with Crippen molar-refractivity contribution in [2.45, 2.75) is 25.0 Å². The molecule has 6 rings (SSSR count). The van der Waals surface area contributed by atoms with Crippen LogP contribution < -0.4 is 10.1 Å². The Morgan fingerprint density at radius 3 is 2.15 bits per heavy atom. The van der Waals surface area contributed by atoms with Gasteiger partial charge in [0.1, 0.15) is 25.0 Å². The minimum Gasteiger partial charge on any atom is -0.489 e. The standard InChI is InChI=1S/C31H27N5O3/c37-31(39-20-28-26-12-6-4-10-24(26)25-11-5-7-13-27(25)28)32-29(30-33-35-36-34-30)18-21-14-16-23(17-15-21)38-19-22-8-2-1-3-9-22/h1-17,28-29H,18-20H2,(H,32,37)(H,33,34,35,36)/t29-/m0/s1. The lowest BCUT2D eigenvalue weighted by atomic mass is 9.98. The molecule has 0 fully saturated rings. The van der Waals surface area contributed by atoms with Crippen molar-refractivity contribution < 1.29 is 14.3 Å². The Bertz CT molecular complexity index is 1490. The first kappa shape index (κ1) is 24.4. The van der Waals surface area contributed by atoms with E-state index in [1.165, 1.54) is 11.1 Å². The van der Waals surface area contributed by atoms with Gasteiger partial charge in [-0.1, -0.05) is 96.2 Å². The molecule has 1 heterocycles. The summed E-state index contributed by atoms with van der Waals surface area (Å²) in [6.45, 7) is 0.723. The molecule has 4 aromatic carbocycles. The summed E-state index contributed by atoms with van der Waals surface area (Å²) < 4.78 is 11.6. The number of carbonyl (C=O) groups excluding carboxylic acids is 1. The van der Waals surface area contributed by atoms with Crippen LogP contribution in [0, 0.1) is 0 Å². The van der Waals surface area contributed by atoms with Gasteiger partial charge in [0.25, 0.3) is 0 Å². The molecule has 39 heavy (non-hydrogen) atoms. The lowest BCUT2D eigenvalue weighted by Crippen LogP contribution is -2.32. The number of H-pyrrole nitrogens is 1. The summed E-state index contributed by atoms with van der Waals surface area (Å²) in [5.41, 5.74) is 6.78. The number of hydrogen-bond acceptors (Lipinski definition) is 6. The van der Waals surface area contributed by atoms with Crippen molar-refractivity contribution in [3.8, 4) is 16.9 Å². The summed E-state index contributed by atoms with van der Waals surface area (Å²) >= 11 is 0. The van der Waals surface area contributed by atoms with Crippen LogP contribution in [0.2, 0.25) is 0 Å². The second-order valence-electron chi connectivity index (χ2n) is 9.41. The van der Waals surface area contributed by atoms with Crippen LogP contribution in [-0.4, -0.2) is 33.3 Å². The molecule has 194 valence electrons. The number of tetrazole rings is 1. The number of benzene rings is 4. The minimum atomic E-state index is -0.533. The van der Waals surface area contributed by atoms with Crippen molar-refractivity contribution in [3.63, 3.8) is 0 Å². The van der Waals surface area contributed by atoms with Crippen molar-refractivity contribution in [1.82, 2.24) is 25.9 Å². The number of fused-ring (bicyclic) bond motifs is 3. The van der Waals surface area contributed by atoms with E-state index in [0.29, 0.717) is 18.9 Å². The molecule has 0 aliphatic heterocycles. The lowest BCUT2D eigenvalue weighted by Gasteiger charge is -2.18. The molecule has 1 aliphatic rings. The van der Waals surface area contributed by atoms with Gasteiger partial charge in [-0.2, -0.15) is 5.21 Å². The molecule has 8 heteroatoms. The van der Waals surface area contributed by atoms with Crippen molar-refractivity contribution in [3.05, 3.63) is 131 Å². The average molecular weight is 518 g/mol. The van der Waals surface area contributed by atoms with E-state index in [1.807, 2.05) is 78.9 Å². The third kappa shape index (κ3) is 5.50. The average Bonchev–Trinajstić information content (AvgIpc) is 3.63. The van der Waals surface area contributed by atoms with E-state index in [2.05, 4.69) is 50.2 Å². The van der Waals surface area contributed by atoms with Crippen LogP contribution in [0.4, 0.5) is 4.79 Å². The molecular weight excluding hydrogens is 490 g/mol.